The van der Waals surface area contributed by atoms with Crippen molar-refractivity contribution in [2.45, 2.75) is 50.1 Å². The van der Waals surface area contributed by atoms with E-state index in [9.17, 15) is 5.21 Å². The first-order chi connectivity index (χ1) is 9.74. The fourth-order valence-electron chi connectivity index (χ4n) is 1.88. The molecule has 4 heteroatoms. The van der Waals surface area contributed by atoms with Gasteiger partial charge in [-0.2, -0.15) is 0 Å². The van der Waals surface area contributed by atoms with Gasteiger partial charge < -0.3 is 9.62 Å². The molecule has 0 unspecified atom stereocenters. The maximum Gasteiger partial charge on any atom is 0.218 e. The lowest BCUT2D eigenvalue weighted by atomic mass is 10.1. The van der Waals surface area contributed by atoms with Crippen LogP contribution in [0.1, 0.15) is 37.7 Å². The average Bonchev–Trinajstić information content (AvgIpc) is 2.73. The Hall–Kier alpha value is -1.68. The molecule has 21 heavy (non-hydrogen) atoms. The van der Waals surface area contributed by atoms with Gasteiger partial charge in [-0.1, -0.05) is 17.8 Å². The molecule has 0 aliphatic rings. The van der Waals surface area contributed by atoms with Crippen molar-refractivity contribution in [3.63, 3.8) is 0 Å². The zero-order valence-corrected chi connectivity index (χ0v) is 14.0. The first-order valence-electron chi connectivity index (χ1n) is 6.91. The van der Waals surface area contributed by atoms with Crippen LogP contribution in [0.15, 0.2) is 44.7 Å². The van der Waals surface area contributed by atoms with Gasteiger partial charge in [0.05, 0.1) is 0 Å². The van der Waals surface area contributed by atoms with Crippen LogP contribution in [0.5, 0.6) is 0 Å². The molecule has 1 heterocycles. The van der Waals surface area contributed by atoms with Crippen LogP contribution in [-0.4, -0.2) is 16.5 Å². The minimum Gasteiger partial charge on any atom is -0.623 e. The van der Waals surface area contributed by atoms with Gasteiger partial charge in [0.1, 0.15) is 0 Å². The molecule has 0 radical (unpaired) electrons. The van der Waals surface area contributed by atoms with E-state index in [1.807, 2.05) is 32.9 Å². The Morgan fingerprint density at radius 2 is 1.71 bits per heavy atom. The van der Waals surface area contributed by atoms with Crippen LogP contribution in [0, 0.1) is 19.1 Å². The predicted octanol–water partition coefficient (Wildman–Crippen LogP) is 4.78. The largest absolute Gasteiger partial charge is 0.623 e. The molecule has 0 N–H and O–H groups in total. The van der Waals surface area contributed by atoms with Gasteiger partial charge in [-0.05, 0) is 49.2 Å². The summed E-state index contributed by atoms with van der Waals surface area (Å²) in [6, 6.07) is 10.1. The summed E-state index contributed by atoms with van der Waals surface area (Å²) in [7, 11) is 0. The molecule has 2 rings (SSSR count). The molecule has 0 aliphatic heterocycles. The molecule has 0 amide bonds. The van der Waals surface area contributed by atoms with Gasteiger partial charge in [0.25, 0.3) is 0 Å². The number of nitrogens with zero attached hydrogens (tertiary/aromatic N) is 1. The highest BCUT2D eigenvalue weighted by atomic mass is 32.2. The third kappa shape index (κ3) is 4.39. The fraction of sp³-hybridized carbons (Fsp3) is 0.353. The summed E-state index contributed by atoms with van der Waals surface area (Å²) >= 11 is 1.56. The molecule has 0 bridgehead atoms. The van der Waals surface area contributed by atoms with Crippen molar-refractivity contribution < 1.29 is 9.16 Å². The Morgan fingerprint density at radius 1 is 1.10 bits per heavy atom. The Kier molecular flexibility index (Phi) is 4.47. The smallest absolute Gasteiger partial charge is 0.218 e. The van der Waals surface area contributed by atoms with Crippen LogP contribution in [0.4, 0.5) is 0 Å². The van der Waals surface area contributed by atoms with Gasteiger partial charge in [0.2, 0.25) is 6.21 Å². The summed E-state index contributed by atoms with van der Waals surface area (Å²) in [6.07, 6.45) is 1.49. The second kappa shape index (κ2) is 5.98. The lowest BCUT2D eigenvalue weighted by Crippen LogP contribution is -2.29. The summed E-state index contributed by atoms with van der Waals surface area (Å²) in [4.78, 5) is 1.14. The van der Waals surface area contributed by atoms with Gasteiger partial charge >= 0.3 is 0 Å². The van der Waals surface area contributed by atoms with Crippen molar-refractivity contribution in [3.8, 4) is 0 Å². The van der Waals surface area contributed by atoms with E-state index in [1.54, 1.807) is 11.8 Å². The Morgan fingerprint density at radius 3 is 2.29 bits per heavy atom. The second-order valence-corrected chi connectivity index (χ2v) is 7.29. The quantitative estimate of drug-likeness (QED) is 0.355. The van der Waals surface area contributed by atoms with Gasteiger partial charge in [0, 0.05) is 25.7 Å². The van der Waals surface area contributed by atoms with Crippen LogP contribution >= 0.6 is 11.8 Å². The summed E-state index contributed by atoms with van der Waals surface area (Å²) in [5, 5.41) is 12.7. The lowest BCUT2D eigenvalue weighted by Gasteiger charge is -2.17. The van der Waals surface area contributed by atoms with E-state index in [4.69, 9.17) is 4.42 Å². The molecule has 0 spiro atoms. The van der Waals surface area contributed by atoms with Gasteiger partial charge in [-0.3, -0.25) is 0 Å². The van der Waals surface area contributed by atoms with E-state index in [0.29, 0.717) is 5.76 Å². The molecule has 1 aromatic carbocycles. The van der Waals surface area contributed by atoms with Gasteiger partial charge in [-0.25, -0.2) is 4.74 Å². The molecule has 0 atom stereocenters. The molecule has 0 aliphatic carbocycles. The summed E-state index contributed by atoms with van der Waals surface area (Å²) < 4.78 is 6.61. The minimum atomic E-state index is -0.465. The number of furan rings is 1. The third-order valence-corrected chi connectivity index (χ3v) is 3.81. The van der Waals surface area contributed by atoms with E-state index < -0.39 is 5.54 Å². The number of aryl methyl sites for hydroxylation is 2. The van der Waals surface area contributed by atoms with Crippen molar-refractivity contribution in [1.29, 1.82) is 0 Å². The van der Waals surface area contributed by atoms with Crippen molar-refractivity contribution in [2.75, 3.05) is 0 Å². The van der Waals surface area contributed by atoms with Gasteiger partial charge in [0.15, 0.2) is 16.4 Å². The molecular weight excluding hydrogens is 282 g/mol. The molecule has 112 valence electrons. The van der Waals surface area contributed by atoms with Crippen LogP contribution in [0.3, 0.4) is 0 Å². The molecular formula is C17H21NO2S. The number of hydroxylamine groups is 1. The summed E-state index contributed by atoms with van der Waals surface area (Å²) in [5.41, 5.74) is 2.00. The van der Waals surface area contributed by atoms with Crippen LogP contribution in [-0.2, 0) is 0 Å². The van der Waals surface area contributed by atoms with Crippen LogP contribution < -0.4 is 0 Å². The first kappa shape index (κ1) is 15.7. The van der Waals surface area contributed by atoms with Crippen molar-refractivity contribution >= 4 is 18.0 Å². The number of hydrogen-bond donors (Lipinski definition) is 0. The number of rotatable bonds is 3. The van der Waals surface area contributed by atoms with Gasteiger partial charge in [-0.15, -0.1) is 0 Å². The fourth-order valence-corrected chi connectivity index (χ4v) is 2.87. The topological polar surface area (TPSA) is 39.2 Å². The van der Waals surface area contributed by atoms with Crippen molar-refractivity contribution in [1.82, 2.24) is 0 Å². The van der Waals surface area contributed by atoms with E-state index in [-0.39, 0.29) is 0 Å². The SMILES string of the molecule is Cc1cc(C)cc(Sc2ccc(C=[N+]([O-])C(C)(C)C)o2)c1. The molecule has 0 saturated carbocycles. The van der Waals surface area contributed by atoms with Crippen LogP contribution in [0.25, 0.3) is 0 Å². The standard InChI is InChI=1S/C17H21NO2S/c1-12-8-13(2)10-15(9-12)21-16-7-6-14(20-16)11-18(19)17(3,4)5/h6-11H,1-5H3. The summed E-state index contributed by atoms with van der Waals surface area (Å²) in [6.45, 7) is 9.76. The Bertz CT molecular complexity index is 645. The highest BCUT2D eigenvalue weighted by molar-refractivity contribution is 7.99. The summed E-state index contributed by atoms with van der Waals surface area (Å²) in [5.74, 6) is 0.576. The Balaban J connectivity index is 2.17. The average molecular weight is 303 g/mol. The second-order valence-electron chi connectivity index (χ2n) is 6.21. The van der Waals surface area contributed by atoms with Crippen molar-refractivity contribution in [3.05, 3.63) is 52.4 Å². The minimum absolute atomic E-state index is 0.465. The zero-order valence-electron chi connectivity index (χ0n) is 13.1. The van der Waals surface area contributed by atoms with E-state index in [0.717, 1.165) is 14.7 Å². The number of benzene rings is 1. The highest BCUT2D eigenvalue weighted by Gasteiger charge is 2.19. The normalized spacial score (nSPS) is 12.7. The lowest BCUT2D eigenvalue weighted by molar-refractivity contribution is -0.530. The molecule has 0 fully saturated rings. The van der Waals surface area contributed by atoms with E-state index >= 15 is 0 Å². The zero-order chi connectivity index (χ0) is 15.6. The van der Waals surface area contributed by atoms with Crippen LogP contribution in [0.2, 0.25) is 0 Å². The predicted molar refractivity (Wildman–Crippen MR) is 87.3 cm³/mol. The molecule has 0 saturated heterocycles. The highest BCUT2D eigenvalue weighted by Crippen LogP contribution is 2.30. The molecule has 1 aromatic heterocycles. The number of hydrogen-bond acceptors (Lipinski definition) is 3. The Labute approximate surface area is 130 Å². The van der Waals surface area contributed by atoms with Crippen molar-refractivity contribution in [2.24, 2.45) is 0 Å². The molecule has 2 aromatic rings. The maximum absolute atomic E-state index is 11.9. The first-order valence-corrected chi connectivity index (χ1v) is 7.73. The molecule has 3 nitrogen and oxygen atoms in total. The monoisotopic (exact) mass is 303 g/mol. The third-order valence-electron chi connectivity index (χ3n) is 2.92. The van der Waals surface area contributed by atoms with E-state index in [2.05, 4.69) is 32.0 Å². The maximum atomic E-state index is 11.9. The van der Waals surface area contributed by atoms with E-state index in [1.165, 1.54) is 17.3 Å².